The van der Waals surface area contributed by atoms with Crippen molar-refractivity contribution in [3.05, 3.63) is 104 Å². The van der Waals surface area contributed by atoms with Crippen LogP contribution in [0.5, 0.6) is 23.0 Å². The molecule has 1 N–H and O–H groups in total. The molecule has 0 amide bonds. The lowest BCUT2D eigenvalue weighted by molar-refractivity contribution is 0.242. The first-order chi connectivity index (χ1) is 31.5. The van der Waals surface area contributed by atoms with E-state index in [4.69, 9.17) is 22.6 Å². The normalized spacial score (nSPS) is 15.7. The van der Waals surface area contributed by atoms with E-state index in [0.29, 0.717) is 53.1 Å². The van der Waals surface area contributed by atoms with Crippen LogP contribution in [0, 0.1) is 23.7 Å². The van der Waals surface area contributed by atoms with E-state index in [1.54, 1.807) is 11.8 Å². The molecule has 6 rings (SSSR count). The van der Waals surface area contributed by atoms with Crippen molar-refractivity contribution < 1.29 is 36.6 Å². The molecule has 0 saturated heterocycles. The number of rotatable bonds is 9. The number of benzene rings is 4. The Kier molecular flexibility index (Phi) is 17.4. The van der Waals surface area contributed by atoms with Crippen LogP contribution < -0.4 is 18.1 Å². The molecule has 0 radical (unpaired) electrons. The first kappa shape index (κ1) is 56.7. The molecule has 8 nitrogen and oxygen atoms in total. The largest absolute Gasteiger partial charge is 0.587 e. The minimum absolute atomic E-state index is 0.214. The average molecular weight is 1010 g/mol. The van der Waals surface area contributed by atoms with Crippen molar-refractivity contribution in [2.24, 2.45) is 23.7 Å². The van der Waals surface area contributed by atoms with Gasteiger partial charge >= 0.3 is 15.6 Å². The van der Waals surface area contributed by atoms with Crippen molar-refractivity contribution in [3.63, 3.8) is 0 Å². The molecule has 0 saturated carbocycles. The first-order valence-corrected chi connectivity index (χ1v) is 28.9. The summed E-state index contributed by atoms with van der Waals surface area (Å²) in [4.78, 5) is 12.8. The van der Waals surface area contributed by atoms with Crippen LogP contribution in [0.4, 0.5) is 0 Å². The maximum absolute atomic E-state index is 13.9. The maximum Gasteiger partial charge on any atom is 0.587 e. The van der Waals surface area contributed by atoms with Gasteiger partial charge in [-0.1, -0.05) is 187 Å². The standard InChI is InChI=1S/C29H43O4PS.C29H43O4P/c1-18(2)12-20-14-22(28(5,6)7)26-24(16-20)35-25-17-21(13-19(3)4)15-23(29(8,9)10)27(25)33-34(30,31-11)32-26;1-18(2)11-20-13-22-17-23-14-21(12-19(3)4)16-25(29(8,9)10)27(23)33-34(30,31)32-26(22)24(15-20)28(5,6)7/h14-19H,12-13H2,1-11H3;13-16,18-19H,11-12,17H2,1-10H3,(H,30,31). The number of phosphoric ester groups is 2. The van der Waals surface area contributed by atoms with Crippen LogP contribution >= 0.6 is 27.4 Å². The van der Waals surface area contributed by atoms with Gasteiger partial charge in [-0.05, 0) is 117 Å². The van der Waals surface area contributed by atoms with Crippen molar-refractivity contribution >= 4 is 27.4 Å². The average Bonchev–Trinajstić information content (AvgIpc) is 3.14. The quantitative estimate of drug-likeness (QED) is 0.164. The summed E-state index contributed by atoms with van der Waals surface area (Å²) >= 11 is 1.64. The van der Waals surface area contributed by atoms with Crippen LogP contribution in [-0.2, 0) is 67.4 Å². The molecule has 0 spiro atoms. The van der Waals surface area contributed by atoms with E-state index in [9.17, 15) is 14.0 Å². The summed E-state index contributed by atoms with van der Waals surface area (Å²) in [7, 11) is -6.93. The molecule has 0 atom stereocenters. The molecule has 4 aromatic carbocycles. The number of hydrogen-bond acceptors (Lipinski definition) is 8. The second-order valence-corrected chi connectivity index (χ2v) is 29.3. The summed E-state index contributed by atoms with van der Waals surface area (Å²) < 4.78 is 56.8. The lowest BCUT2D eigenvalue weighted by Gasteiger charge is -2.32. The van der Waals surface area contributed by atoms with Gasteiger partial charge in [0, 0.05) is 35.8 Å². The summed E-state index contributed by atoms with van der Waals surface area (Å²) in [5.74, 6) is 4.22. The van der Waals surface area contributed by atoms with Crippen LogP contribution in [-0.4, -0.2) is 12.0 Å². The number of fused-ring (bicyclic) bond motifs is 4. The van der Waals surface area contributed by atoms with Crippen LogP contribution in [0.1, 0.15) is 194 Å². The summed E-state index contributed by atoms with van der Waals surface area (Å²) in [5, 5.41) is 0. The van der Waals surface area contributed by atoms with Crippen LogP contribution in [0.25, 0.3) is 0 Å². The number of phosphoric acid groups is 2. The Morgan fingerprint density at radius 3 is 1.01 bits per heavy atom. The van der Waals surface area contributed by atoms with Gasteiger partial charge < -0.3 is 18.1 Å². The summed E-state index contributed by atoms with van der Waals surface area (Å²) in [5.41, 5.74) is 9.83. The zero-order valence-corrected chi connectivity index (χ0v) is 48.7. The van der Waals surface area contributed by atoms with Crippen LogP contribution in [0.3, 0.4) is 0 Å². The van der Waals surface area contributed by atoms with E-state index in [2.05, 4.69) is 187 Å². The fourth-order valence-electron chi connectivity index (χ4n) is 9.12. The van der Waals surface area contributed by atoms with Crippen molar-refractivity contribution in [1.82, 2.24) is 0 Å². The Labute approximate surface area is 422 Å². The lowest BCUT2D eigenvalue weighted by Crippen LogP contribution is -2.20. The van der Waals surface area contributed by atoms with Gasteiger partial charge in [0.1, 0.15) is 23.0 Å². The molecule has 0 unspecified atom stereocenters. The summed E-state index contributed by atoms with van der Waals surface area (Å²) in [6.45, 7) is 43.3. The summed E-state index contributed by atoms with van der Waals surface area (Å²) in [6.07, 6.45) is 4.40. The molecule has 11 heteroatoms. The zero-order valence-electron chi connectivity index (χ0n) is 46.1. The maximum atomic E-state index is 13.9. The highest BCUT2D eigenvalue weighted by molar-refractivity contribution is 7.99. The van der Waals surface area contributed by atoms with Gasteiger partial charge in [-0.2, -0.15) is 0 Å². The fourth-order valence-corrected chi connectivity index (χ4v) is 12.3. The fraction of sp³-hybridized carbons (Fsp3) is 0.586. The minimum atomic E-state index is -4.40. The Hall–Kier alpha value is -3.19. The predicted molar refractivity (Wildman–Crippen MR) is 289 cm³/mol. The third kappa shape index (κ3) is 14.7. The highest BCUT2D eigenvalue weighted by Crippen LogP contribution is 2.60. The molecule has 0 fully saturated rings. The molecular weight excluding hydrogens is 919 g/mol. The second kappa shape index (κ2) is 21.1. The highest BCUT2D eigenvalue weighted by atomic mass is 32.2. The molecule has 0 bridgehead atoms. The number of hydrogen-bond donors (Lipinski definition) is 1. The van der Waals surface area contributed by atoms with Gasteiger partial charge in [-0.15, -0.1) is 0 Å². The monoisotopic (exact) mass is 1000 g/mol. The predicted octanol–water partition coefficient (Wildman–Crippen LogP) is 17.5. The van der Waals surface area contributed by atoms with Gasteiger partial charge in [0.25, 0.3) is 0 Å². The van der Waals surface area contributed by atoms with Gasteiger partial charge in [0.15, 0.2) is 0 Å². The minimum Gasteiger partial charge on any atom is -0.395 e. The van der Waals surface area contributed by atoms with E-state index in [-0.39, 0.29) is 21.7 Å². The molecule has 0 aromatic heterocycles. The molecule has 2 aliphatic heterocycles. The van der Waals surface area contributed by atoms with Crippen LogP contribution in [0.2, 0.25) is 0 Å². The Bertz CT molecular complexity index is 2410. The van der Waals surface area contributed by atoms with Gasteiger partial charge in [-0.25, -0.2) is 9.13 Å². The van der Waals surface area contributed by atoms with E-state index >= 15 is 0 Å². The van der Waals surface area contributed by atoms with Gasteiger partial charge in [-0.3, -0.25) is 9.42 Å². The third-order valence-corrected chi connectivity index (χ3v) is 15.3. The molecule has 2 heterocycles. The molecule has 4 aromatic rings. The summed E-state index contributed by atoms with van der Waals surface area (Å²) in [6, 6.07) is 17.4. The second-order valence-electron chi connectivity index (χ2n) is 25.3. The topological polar surface area (TPSA) is 101 Å². The molecule has 69 heavy (non-hydrogen) atoms. The van der Waals surface area contributed by atoms with Crippen molar-refractivity contribution in [2.75, 3.05) is 7.11 Å². The Morgan fingerprint density at radius 1 is 0.478 bits per heavy atom. The third-order valence-electron chi connectivity index (χ3n) is 12.1. The zero-order chi connectivity index (χ0) is 52.0. The molecule has 382 valence electrons. The van der Waals surface area contributed by atoms with E-state index in [0.717, 1.165) is 68.9 Å². The van der Waals surface area contributed by atoms with E-state index in [1.165, 1.54) is 29.4 Å². The van der Waals surface area contributed by atoms with Gasteiger partial charge in [0.05, 0.1) is 9.79 Å². The molecule has 2 aliphatic rings. The van der Waals surface area contributed by atoms with Crippen molar-refractivity contribution in [1.29, 1.82) is 0 Å². The smallest absolute Gasteiger partial charge is 0.395 e. The molecular formula is C58H86O8P2S. The Morgan fingerprint density at radius 2 is 0.754 bits per heavy atom. The van der Waals surface area contributed by atoms with Crippen LogP contribution in [0.15, 0.2) is 58.3 Å². The lowest BCUT2D eigenvalue weighted by atomic mass is 9.80. The van der Waals surface area contributed by atoms with Crippen molar-refractivity contribution in [3.8, 4) is 23.0 Å². The van der Waals surface area contributed by atoms with E-state index in [1.807, 2.05) is 0 Å². The SMILES string of the molecule is CC(C)Cc1cc2c(c(C(C)(C)C)c1)OP(=O)(O)Oc1c(cc(CC(C)C)cc1C(C)(C)C)C2.COP1(=O)Oc2c(cc(CC(C)C)cc2C(C)(C)C)Sc2cc(CC(C)C)cc(C(C)(C)C)c2O1. The van der Waals surface area contributed by atoms with E-state index < -0.39 is 15.6 Å². The highest BCUT2D eigenvalue weighted by Gasteiger charge is 2.40. The van der Waals surface area contributed by atoms with Crippen molar-refractivity contribution in [2.45, 2.75) is 202 Å². The molecule has 0 aliphatic carbocycles. The van der Waals surface area contributed by atoms with Gasteiger partial charge in [0.2, 0.25) is 0 Å². The Balaban J connectivity index is 0.000000258. The first-order valence-electron chi connectivity index (χ1n) is 25.1.